The van der Waals surface area contributed by atoms with Crippen LogP contribution in [0.2, 0.25) is 0 Å². The number of aliphatic carboxylic acids is 1. The average Bonchev–Trinajstić information content (AvgIpc) is 2.29. The molecule has 0 saturated heterocycles. The highest BCUT2D eigenvalue weighted by Crippen LogP contribution is 2.01. The molecule has 6 heteroatoms. The van der Waals surface area contributed by atoms with Crippen LogP contribution in [0.3, 0.4) is 0 Å². The fourth-order valence-electron chi connectivity index (χ4n) is 0.820. The van der Waals surface area contributed by atoms with E-state index in [9.17, 15) is 14.7 Å². The van der Waals surface area contributed by atoms with E-state index in [-0.39, 0.29) is 0 Å². The predicted molar refractivity (Wildman–Crippen MR) is 55.0 cm³/mol. The van der Waals surface area contributed by atoms with Gasteiger partial charge < -0.3 is 14.7 Å². The number of oxime groups is 1. The monoisotopic (exact) mass is 240 g/mol. The van der Waals surface area contributed by atoms with Crippen LogP contribution in [0.15, 0.2) is 35.5 Å². The van der Waals surface area contributed by atoms with E-state index < -0.39 is 17.3 Å². The molecule has 1 rings (SSSR count). The normalized spacial score (nSPS) is 12.3. The Hall–Kier alpha value is -1.88. The molecule has 0 N–H and O–H groups in total. The molecule has 0 saturated carbocycles. The molecule has 1 unspecified atom stereocenters. The number of hydrogen-bond acceptors (Lipinski definition) is 5. The minimum absolute atomic E-state index is 0.305. The summed E-state index contributed by atoms with van der Waals surface area (Å²) in [5.41, 5.74) is 0.305. The molecule has 0 fully saturated rings. The van der Waals surface area contributed by atoms with E-state index in [1.54, 1.807) is 18.2 Å². The zero-order chi connectivity index (χ0) is 12.0. The molecule has 0 bridgehead atoms. The van der Waals surface area contributed by atoms with E-state index in [2.05, 4.69) is 9.99 Å². The zero-order valence-electron chi connectivity index (χ0n) is 8.00. The van der Waals surface area contributed by atoms with Gasteiger partial charge >= 0.3 is 5.97 Å². The van der Waals surface area contributed by atoms with Gasteiger partial charge in [0, 0.05) is 0 Å². The quantitative estimate of drug-likeness (QED) is 0.326. The number of rotatable bonds is 4. The molecule has 0 aromatic heterocycles. The summed E-state index contributed by atoms with van der Waals surface area (Å²) in [6.07, 6.45) is 0.762. The Morgan fingerprint density at radius 1 is 1.38 bits per heavy atom. The summed E-state index contributed by atoms with van der Waals surface area (Å²) in [5, 5.41) is 11.9. The molecule has 0 radical (unpaired) electrons. The second-order valence-electron chi connectivity index (χ2n) is 2.72. The fraction of sp³-hybridized carbons (Fsp3) is 0.100. The van der Waals surface area contributed by atoms with E-state index in [0.717, 1.165) is 6.21 Å². The molecule has 0 heterocycles. The third-order valence-electron chi connectivity index (χ3n) is 1.56. The van der Waals surface area contributed by atoms with Gasteiger partial charge in [-0.25, -0.2) is 4.79 Å². The molecule has 0 amide bonds. The molecule has 84 valence electrons. The molecule has 5 nitrogen and oxygen atoms in total. The van der Waals surface area contributed by atoms with Crippen molar-refractivity contribution in [2.45, 2.75) is 5.38 Å². The number of carbonyl (C=O) groups excluding carboxylic acids is 2. The van der Waals surface area contributed by atoms with Crippen molar-refractivity contribution in [3.8, 4) is 0 Å². The van der Waals surface area contributed by atoms with Crippen molar-refractivity contribution in [3.05, 3.63) is 35.9 Å². The number of benzene rings is 1. The first-order valence-electron chi connectivity index (χ1n) is 4.26. The molecule has 0 aliphatic carbocycles. The molecule has 16 heavy (non-hydrogen) atoms. The third kappa shape index (κ3) is 3.70. The van der Waals surface area contributed by atoms with Gasteiger partial charge in [-0.05, 0) is 12.1 Å². The Kier molecular flexibility index (Phi) is 4.47. The van der Waals surface area contributed by atoms with E-state index in [1.165, 1.54) is 12.1 Å². The summed E-state index contributed by atoms with van der Waals surface area (Å²) >= 11 is 5.24. The van der Waals surface area contributed by atoms with Crippen molar-refractivity contribution in [2.75, 3.05) is 0 Å². The smallest absolute Gasteiger partial charge is 0.365 e. The largest absolute Gasteiger partial charge is 0.548 e. The van der Waals surface area contributed by atoms with Crippen LogP contribution in [0.5, 0.6) is 0 Å². The topological polar surface area (TPSA) is 78.8 Å². The predicted octanol–water partition coefficient (Wildman–Crippen LogP) is 0.186. The minimum Gasteiger partial charge on any atom is -0.548 e. The van der Waals surface area contributed by atoms with Gasteiger partial charge in [0.25, 0.3) is 0 Å². The van der Waals surface area contributed by atoms with Crippen LogP contribution in [-0.4, -0.2) is 23.5 Å². The summed E-state index contributed by atoms with van der Waals surface area (Å²) in [6.45, 7) is 0. The van der Waals surface area contributed by atoms with Crippen molar-refractivity contribution in [1.29, 1.82) is 0 Å². The molecular weight excluding hydrogens is 234 g/mol. The van der Waals surface area contributed by atoms with Crippen molar-refractivity contribution in [3.63, 3.8) is 0 Å². The van der Waals surface area contributed by atoms with Gasteiger partial charge in [0.2, 0.25) is 0 Å². The number of carboxylic acids is 1. The van der Waals surface area contributed by atoms with Gasteiger partial charge in [-0.1, -0.05) is 23.4 Å². The van der Waals surface area contributed by atoms with Gasteiger partial charge in [0.15, 0.2) is 0 Å². The summed E-state index contributed by atoms with van der Waals surface area (Å²) in [4.78, 5) is 25.8. The van der Waals surface area contributed by atoms with Crippen molar-refractivity contribution < 1.29 is 19.5 Å². The molecular formula is C10H7ClNO4-. The summed E-state index contributed by atoms with van der Waals surface area (Å²) in [6, 6.07) is 8.13. The Bertz CT molecular complexity index is 405. The first kappa shape index (κ1) is 12.2. The molecule has 0 spiro atoms. The lowest BCUT2D eigenvalue weighted by Crippen LogP contribution is -2.32. The van der Waals surface area contributed by atoms with E-state index in [4.69, 9.17) is 11.6 Å². The number of nitrogens with zero attached hydrogens (tertiary/aromatic N) is 1. The first-order chi connectivity index (χ1) is 7.61. The van der Waals surface area contributed by atoms with Gasteiger partial charge in [0.1, 0.15) is 5.38 Å². The summed E-state index contributed by atoms with van der Waals surface area (Å²) in [7, 11) is 0. The Labute approximate surface area is 96.3 Å². The maximum absolute atomic E-state index is 11.3. The highest BCUT2D eigenvalue weighted by Gasteiger charge is 2.06. The van der Waals surface area contributed by atoms with Gasteiger partial charge in [-0.3, -0.25) is 0 Å². The van der Waals surface area contributed by atoms with E-state index in [1.807, 2.05) is 0 Å². The van der Waals surface area contributed by atoms with Crippen molar-refractivity contribution in [2.24, 2.45) is 5.16 Å². The van der Waals surface area contributed by atoms with Gasteiger partial charge in [-0.15, -0.1) is 11.6 Å². The Morgan fingerprint density at radius 3 is 2.56 bits per heavy atom. The standard InChI is InChI=1S/C10H8ClNO4/c11-8(9(13)14)6-12-16-10(15)7-4-2-1-3-5-7/h1-6,8H,(H,13,14)/p-1/b12-6+. The van der Waals surface area contributed by atoms with Crippen LogP contribution in [-0.2, 0) is 9.63 Å². The number of hydrogen-bond donors (Lipinski definition) is 0. The van der Waals surface area contributed by atoms with Gasteiger partial charge in [-0.2, -0.15) is 0 Å². The molecule has 1 aromatic rings. The summed E-state index contributed by atoms with van der Waals surface area (Å²) in [5.74, 6) is -2.21. The number of carboxylic acid groups (broad SMARTS) is 1. The van der Waals surface area contributed by atoms with Crippen LogP contribution < -0.4 is 5.11 Å². The lowest BCUT2D eigenvalue weighted by Gasteiger charge is -2.02. The van der Waals surface area contributed by atoms with Crippen LogP contribution >= 0.6 is 11.6 Å². The van der Waals surface area contributed by atoms with Crippen LogP contribution in [0.25, 0.3) is 0 Å². The third-order valence-corrected chi connectivity index (χ3v) is 1.85. The molecule has 1 atom stereocenters. The maximum Gasteiger partial charge on any atom is 0.365 e. The second kappa shape index (κ2) is 5.87. The van der Waals surface area contributed by atoms with Crippen LogP contribution in [0, 0.1) is 0 Å². The second-order valence-corrected chi connectivity index (χ2v) is 3.19. The molecule has 1 aromatic carbocycles. The average molecular weight is 241 g/mol. The lowest BCUT2D eigenvalue weighted by atomic mass is 10.2. The highest BCUT2D eigenvalue weighted by atomic mass is 35.5. The summed E-state index contributed by atoms with van der Waals surface area (Å²) < 4.78 is 0. The highest BCUT2D eigenvalue weighted by molar-refractivity contribution is 6.37. The number of alkyl halides is 1. The lowest BCUT2D eigenvalue weighted by molar-refractivity contribution is -0.303. The van der Waals surface area contributed by atoms with Crippen molar-refractivity contribution in [1.82, 2.24) is 0 Å². The Morgan fingerprint density at radius 2 is 2.00 bits per heavy atom. The van der Waals surface area contributed by atoms with Crippen LogP contribution in [0.1, 0.15) is 10.4 Å². The molecule has 0 aliphatic rings. The number of halogens is 1. The zero-order valence-corrected chi connectivity index (χ0v) is 8.76. The minimum atomic E-state index is -1.51. The maximum atomic E-state index is 11.3. The van der Waals surface area contributed by atoms with E-state index >= 15 is 0 Å². The fourth-order valence-corrected chi connectivity index (χ4v) is 0.866. The van der Waals surface area contributed by atoms with Gasteiger partial charge in [0.05, 0.1) is 17.7 Å². The van der Waals surface area contributed by atoms with Crippen LogP contribution in [0.4, 0.5) is 0 Å². The van der Waals surface area contributed by atoms with E-state index in [0.29, 0.717) is 5.56 Å². The Balaban J connectivity index is 2.51. The first-order valence-corrected chi connectivity index (χ1v) is 4.69. The number of carbonyl (C=O) groups is 2. The van der Waals surface area contributed by atoms with Crippen molar-refractivity contribution >= 4 is 29.8 Å². The SMILES string of the molecule is O=C(O/N=C/C(Cl)C(=O)[O-])c1ccccc1. The molecule has 0 aliphatic heterocycles.